The number of nitrogens with zero attached hydrogens (tertiary/aromatic N) is 1. The van der Waals surface area contributed by atoms with Gasteiger partial charge in [0.15, 0.2) is 0 Å². The second-order valence-corrected chi connectivity index (χ2v) is 6.60. The fourth-order valence-electron chi connectivity index (χ4n) is 3.20. The summed E-state index contributed by atoms with van der Waals surface area (Å²) in [4.78, 5) is 26.4. The molecule has 0 bridgehead atoms. The van der Waals surface area contributed by atoms with E-state index in [0.29, 0.717) is 0 Å². The van der Waals surface area contributed by atoms with Crippen LogP contribution in [0.5, 0.6) is 0 Å². The molecule has 2 aromatic carbocycles. The van der Waals surface area contributed by atoms with Gasteiger partial charge in [0.05, 0.1) is 0 Å². The first-order valence-corrected chi connectivity index (χ1v) is 9.13. The zero-order valence-corrected chi connectivity index (χ0v) is 16.3. The zero-order valence-electron chi connectivity index (χ0n) is 16.3. The van der Waals surface area contributed by atoms with E-state index in [2.05, 4.69) is 19.2 Å². The normalized spacial score (nSPS) is 10.5. The van der Waals surface area contributed by atoms with Gasteiger partial charge in [-0.2, -0.15) is 0 Å². The number of aryl methyl sites for hydroxylation is 4. The average Bonchev–Trinajstić information content (AvgIpc) is 2.60. The quantitative estimate of drug-likeness (QED) is 0.836. The summed E-state index contributed by atoms with van der Waals surface area (Å²) < 4.78 is 0. The van der Waals surface area contributed by atoms with Crippen molar-refractivity contribution in [2.45, 2.75) is 47.5 Å². The van der Waals surface area contributed by atoms with E-state index in [1.807, 2.05) is 50.2 Å². The summed E-state index contributed by atoms with van der Waals surface area (Å²) in [6, 6.07) is 12.0. The Bertz CT molecular complexity index is 790. The third-order valence-electron chi connectivity index (χ3n) is 4.59. The topological polar surface area (TPSA) is 49.4 Å². The number of hydrogen-bond donors (Lipinski definition) is 1. The second-order valence-electron chi connectivity index (χ2n) is 6.60. The summed E-state index contributed by atoms with van der Waals surface area (Å²) in [5.41, 5.74) is 5.99. The van der Waals surface area contributed by atoms with Crippen molar-refractivity contribution in [3.63, 3.8) is 0 Å². The molecule has 4 heteroatoms. The lowest BCUT2D eigenvalue weighted by atomic mass is 10.0. The molecule has 0 spiro atoms. The zero-order chi connectivity index (χ0) is 19.3. The number of carbonyl (C=O) groups excluding carboxylic acids is 2. The van der Waals surface area contributed by atoms with E-state index < -0.39 is 0 Å². The molecule has 26 heavy (non-hydrogen) atoms. The Balaban J connectivity index is 2.26. The fraction of sp³-hybridized carbons (Fsp3) is 0.364. The Morgan fingerprint density at radius 1 is 1.00 bits per heavy atom. The van der Waals surface area contributed by atoms with Crippen LogP contribution in [0, 0.1) is 13.8 Å². The minimum atomic E-state index is -0.184. The van der Waals surface area contributed by atoms with Crippen LogP contribution in [-0.2, 0) is 22.4 Å². The van der Waals surface area contributed by atoms with Crippen molar-refractivity contribution >= 4 is 23.2 Å². The first kappa shape index (κ1) is 19.7. The summed E-state index contributed by atoms with van der Waals surface area (Å²) in [5.74, 6) is -0.331. The maximum Gasteiger partial charge on any atom is 0.244 e. The second kappa shape index (κ2) is 8.65. The molecule has 2 rings (SSSR count). The van der Waals surface area contributed by atoms with Gasteiger partial charge >= 0.3 is 0 Å². The smallest absolute Gasteiger partial charge is 0.244 e. The van der Waals surface area contributed by atoms with E-state index in [1.54, 1.807) is 0 Å². The number of benzene rings is 2. The SMILES string of the molecule is CCc1cccc(CC)c1NC(=O)CN(C(C)=O)c1ccc(C)cc1C. The van der Waals surface area contributed by atoms with Crippen LogP contribution < -0.4 is 10.2 Å². The van der Waals surface area contributed by atoms with E-state index in [1.165, 1.54) is 11.8 Å². The molecular weight excluding hydrogens is 324 g/mol. The molecular formula is C22H28N2O2. The van der Waals surface area contributed by atoms with E-state index in [0.717, 1.165) is 46.5 Å². The molecule has 2 aromatic rings. The van der Waals surface area contributed by atoms with Gasteiger partial charge < -0.3 is 10.2 Å². The predicted molar refractivity (Wildman–Crippen MR) is 108 cm³/mol. The van der Waals surface area contributed by atoms with Gasteiger partial charge in [0.25, 0.3) is 0 Å². The molecule has 4 nitrogen and oxygen atoms in total. The van der Waals surface area contributed by atoms with E-state index >= 15 is 0 Å². The van der Waals surface area contributed by atoms with Gasteiger partial charge in [-0.3, -0.25) is 9.59 Å². The molecule has 0 saturated heterocycles. The number of anilines is 2. The van der Waals surface area contributed by atoms with Crippen molar-refractivity contribution < 1.29 is 9.59 Å². The summed E-state index contributed by atoms with van der Waals surface area (Å²) >= 11 is 0. The van der Waals surface area contributed by atoms with Crippen LogP contribution in [0.4, 0.5) is 11.4 Å². The molecule has 0 fully saturated rings. The summed E-state index contributed by atoms with van der Waals surface area (Å²) in [7, 11) is 0. The van der Waals surface area contributed by atoms with Crippen molar-refractivity contribution in [3.8, 4) is 0 Å². The number of carbonyl (C=O) groups is 2. The van der Waals surface area contributed by atoms with Crippen LogP contribution in [0.1, 0.15) is 43.0 Å². The van der Waals surface area contributed by atoms with Gasteiger partial charge in [-0.05, 0) is 49.4 Å². The molecule has 0 aromatic heterocycles. The lowest BCUT2D eigenvalue weighted by Crippen LogP contribution is -2.37. The largest absolute Gasteiger partial charge is 0.324 e. The number of nitrogens with one attached hydrogen (secondary N) is 1. The van der Waals surface area contributed by atoms with Gasteiger partial charge in [0, 0.05) is 18.3 Å². The van der Waals surface area contributed by atoms with Gasteiger partial charge in [-0.1, -0.05) is 49.7 Å². The minimum Gasteiger partial charge on any atom is -0.324 e. The Morgan fingerprint density at radius 3 is 2.12 bits per heavy atom. The Kier molecular flexibility index (Phi) is 6.56. The fourth-order valence-corrected chi connectivity index (χ4v) is 3.20. The first-order valence-electron chi connectivity index (χ1n) is 9.13. The summed E-state index contributed by atoms with van der Waals surface area (Å²) in [5, 5.41) is 3.03. The molecule has 0 heterocycles. The number of hydrogen-bond acceptors (Lipinski definition) is 2. The Morgan fingerprint density at radius 2 is 1.62 bits per heavy atom. The maximum absolute atomic E-state index is 12.7. The molecule has 1 N–H and O–H groups in total. The third kappa shape index (κ3) is 4.51. The predicted octanol–water partition coefficient (Wildman–Crippen LogP) is 4.42. The highest BCUT2D eigenvalue weighted by atomic mass is 16.2. The molecule has 0 radical (unpaired) electrons. The summed E-state index contributed by atoms with van der Waals surface area (Å²) in [6.45, 7) is 9.60. The highest BCUT2D eigenvalue weighted by Crippen LogP contribution is 2.24. The van der Waals surface area contributed by atoms with Crippen LogP contribution in [0.2, 0.25) is 0 Å². The van der Waals surface area contributed by atoms with Gasteiger partial charge in [-0.25, -0.2) is 0 Å². The molecule has 0 aliphatic carbocycles. The highest BCUT2D eigenvalue weighted by Gasteiger charge is 2.19. The van der Waals surface area contributed by atoms with Crippen molar-refractivity contribution in [2.75, 3.05) is 16.8 Å². The van der Waals surface area contributed by atoms with Gasteiger partial charge in [-0.15, -0.1) is 0 Å². The standard InChI is InChI=1S/C22H28N2O2/c1-6-18-9-8-10-19(7-2)22(18)23-21(26)14-24(17(5)25)20-12-11-15(3)13-16(20)4/h8-13H,6-7,14H2,1-5H3,(H,23,26). The van der Waals surface area contributed by atoms with Crippen molar-refractivity contribution in [2.24, 2.45) is 0 Å². The van der Waals surface area contributed by atoms with E-state index in [4.69, 9.17) is 0 Å². The molecule has 2 amide bonds. The molecule has 138 valence electrons. The van der Waals surface area contributed by atoms with Crippen LogP contribution in [0.25, 0.3) is 0 Å². The summed E-state index contributed by atoms with van der Waals surface area (Å²) in [6.07, 6.45) is 1.69. The van der Waals surface area contributed by atoms with Crippen LogP contribution >= 0.6 is 0 Å². The van der Waals surface area contributed by atoms with Crippen molar-refractivity contribution in [1.29, 1.82) is 0 Å². The lowest BCUT2D eigenvalue weighted by Gasteiger charge is -2.23. The molecule has 0 aliphatic heterocycles. The lowest BCUT2D eigenvalue weighted by molar-refractivity contribution is -0.120. The van der Waals surface area contributed by atoms with Crippen LogP contribution in [0.3, 0.4) is 0 Å². The molecule has 0 saturated carbocycles. The number of rotatable bonds is 6. The van der Waals surface area contributed by atoms with Crippen LogP contribution in [0.15, 0.2) is 36.4 Å². The Labute approximate surface area is 156 Å². The van der Waals surface area contributed by atoms with Gasteiger partial charge in [0.1, 0.15) is 6.54 Å². The van der Waals surface area contributed by atoms with Crippen molar-refractivity contribution in [1.82, 2.24) is 0 Å². The van der Waals surface area contributed by atoms with E-state index in [9.17, 15) is 9.59 Å². The maximum atomic E-state index is 12.7. The first-order chi connectivity index (χ1) is 12.4. The number of amides is 2. The molecule has 0 unspecified atom stereocenters. The van der Waals surface area contributed by atoms with Gasteiger partial charge in [0.2, 0.25) is 11.8 Å². The van der Waals surface area contributed by atoms with Crippen molar-refractivity contribution in [3.05, 3.63) is 58.7 Å². The minimum absolute atomic E-state index is 0.000434. The average molecular weight is 352 g/mol. The molecule has 0 atom stereocenters. The van der Waals surface area contributed by atoms with E-state index in [-0.39, 0.29) is 18.4 Å². The monoisotopic (exact) mass is 352 g/mol. The third-order valence-corrected chi connectivity index (χ3v) is 4.59. The number of para-hydroxylation sites is 1. The molecule has 0 aliphatic rings. The highest BCUT2D eigenvalue weighted by molar-refractivity contribution is 6.02. The Hall–Kier alpha value is -2.62. The van der Waals surface area contributed by atoms with Crippen LogP contribution in [-0.4, -0.2) is 18.4 Å².